The van der Waals surface area contributed by atoms with E-state index in [1.165, 1.54) is 30.3 Å². The number of carbonyl (C=O) groups excluding carboxylic acids is 1. The maximum Gasteiger partial charge on any atom is 0.237 e. The van der Waals surface area contributed by atoms with Crippen LogP contribution < -0.4 is 0 Å². The van der Waals surface area contributed by atoms with Crippen LogP contribution in [0.2, 0.25) is 0 Å². The van der Waals surface area contributed by atoms with Crippen LogP contribution in [0.25, 0.3) is 5.65 Å². The Bertz CT molecular complexity index is 709. The predicted molar refractivity (Wildman–Crippen MR) is 92.3 cm³/mol. The van der Waals surface area contributed by atoms with Gasteiger partial charge in [-0.1, -0.05) is 30.8 Å². The number of hydrogen-bond acceptors (Lipinski definition) is 4. The zero-order chi connectivity index (χ0) is 16.1. The Morgan fingerprint density at radius 3 is 3.04 bits per heavy atom. The Balaban J connectivity index is 1.68. The molecule has 0 unspecified atom stereocenters. The molecule has 0 fully saturated rings. The lowest BCUT2D eigenvalue weighted by Gasteiger charge is -2.27. The smallest absolute Gasteiger partial charge is 0.237 e. The number of nitrogens with zero attached hydrogens (tertiary/aromatic N) is 4. The number of allylic oxidation sites excluding steroid dienone is 2. The van der Waals surface area contributed by atoms with Crippen molar-refractivity contribution in [2.75, 3.05) is 12.3 Å². The number of carbonyl (C=O) groups is 1. The standard InChI is InChI=1S/C17H22N4OS/c1-2-11-20(14-8-4-3-5-9-14)16(22)13-23-17-19-18-15-10-6-7-12-21(15)17/h6-8,10,12H,2-5,9,11,13H2,1H3. The molecule has 0 aliphatic heterocycles. The van der Waals surface area contributed by atoms with Gasteiger partial charge in [-0.05, 0) is 44.2 Å². The van der Waals surface area contributed by atoms with E-state index in [-0.39, 0.29) is 5.91 Å². The minimum Gasteiger partial charge on any atom is -0.316 e. The molecule has 1 aliphatic rings. The number of aromatic nitrogens is 3. The molecule has 1 amide bonds. The van der Waals surface area contributed by atoms with Gasteiger partial charge in [0.25, 0.3) is 0 Å². The van der Waals surface area contributed by atoms with Gasteiger partial charge >= 0.3 is 0 Å². The highest BCUT2D eigenvalue weighted by atomic mass is 32.2. The summed E-state index contributed by atoms with van der Waals surface area (Å²) in [5.41, 5.74) is 2.01. The highest BCUT2D eigenvalue weighted by molar-refractivity contribution is 7.99. The van der Waals surface area contributed by atoms with Crippen LogP contribution in [0.5, 0.6) is 0 Å². The maximum absolute atomic E-state index is 12.7. The number of amides is 1. The molecule has 23 heavy (non-hydrogen) atoms. The topological polar surface area (TPSA) is 50.5 Å². The van der Waals surface area contributed by atoms with Crippen LogP contribution in [0.3, 0.4) is 0 Å². The molecule has 2 heterocycles. The van der Waals surface area contributed by atoms with E-state index in [1.54, 1.807) is 0 Å². The lowest BCUT2D eigenvalue weighted by Crippen LogP contribution is -2.33. The molecule has 0 saturated carbocycles. The van der Waals surface area contributed by atoms with Crippen molar-refractivity contribution in [3.63, 3.8) is 0 Å². The maximum atomic E-state index is 12.7. The fraction of sp³-hybridized carbons (Fsp3) is 0.471. The van der Waals surface area contributed by atoms with Crippen molar-refractivity contribution in [2.45, 2.75) is 44.2 Å². The molecule has 5 nitrogen and oxygen atoms in total. The molecule has 0 spiro atoms. The van der Waals surface area contributed by atoms with Gasteiger partial charge in [0.2, 0.25) is 5.91 Å². The average molecular weight is 330 g/mol. The van der Waals surface area contributed by atoms with Crippen LogP contribution in [0, 0.1) is 0 Å². The Kier molecular flexibility index (Phi) is 5.33. The van der Waals surface area contributed by atoms with Crippen LogP contribution in [-0.2, 0) is 4.79 Å². The molecule has 2 aromatic rings. The van der Waals surface area contributed by atoms with Crippen molar-refractivity contribution < 1.29 is 4.79 Å². The number of rotatable bonds is 6. The monoisotopic (exact) mass is 330 g/mol. The first-order valence-corrected chi connectivity index (χ1v) is 9.20. The van der Waals surface area contributed by atoms with E-state index < -0.39 is 0 Å². The Labute approximate surface area is 140 Å². The van der Waals surface area contributed by atoms with E-state index in [0.29, 0.717) is 5.75 Å². The average Bonchev–Trinajstić information content (AvgIpc) is 3.01. The number of pyridine rings is 1. The molecule has 6 heteroatoms. The van der Waals surface area contributed by atoms with Gasteiger partial charge in [-0.2, -0.15) is 0 Å². The van der Waals surface area contributed by atoms with Crippen molar-refractivity contribution in [2.24, 2.45) is 0 Å². The third-order valence-corrected chi connectivity index (χ3v) is 4.90. The van der Waals surface area contributed by atoms with Gasteiger partial charge in [-0.25, -0.2) is 0 Å². The van der Waals surface area contributed by atoms with E-state index >= 15 is 0 Å². The summed E-state index contributed by atoms with van der Waals surface area (Å²) in [6, 6.07) is 5.79. The Hall–Kier alpha value is -1.82. The SMILES string of the molecule is CCCN(C(=O)CSc1nnc2ccccn12)C1=CCCCC1. The second-order valence-electron chi connectivity index (χ2n) is 5.69. The van der Waals surface area contributed by atoms with E-state index in [4.69, 9.17) is 0 Å². The normalized spacial score (nSPS) is 14.7. The van der Waals surface area contributed by atoms with E-state index in [9.17, 15) is 4.79 Å². The first-order chi connectivity index (χ1) is 11.3. The highest BCUT2D eigenvalue weighted by Gasteiger charge is 2.19. The minimum atomic E-state index is 0.165. The number of fused-ring (bicyclic) bond motifs is 1. The summed E-state index contributed by atoms with van der Waals surface area (Å²) in [5, 5.41) is 9.07. The fourth-order valence-electron chi connectivity index (χ4n) is 2.84. The number of hydrogen-bond donors (Lipinski definition) is 0. The van der Waals surface area contributed by atoms with Crippen LogP contribution in [0.15, 0.2) is 41.3 Å². The summed E-state index contributed by atoms with van der Waals surface area (Å²) in [6.07, 6.45) is 9.65. The molecular formula is C17H22N4OS. The molecule has 0 radical (unpaired) electrons. The molecule has 3 rings (SSSR count). The van der Waals surface area contributed by atoms with Crippen molar-refractivity contribution in [1.82, 2.24) is 19.5 Å². The molecule has 0 N–H and O–H groups in total. The van der Waals surface area contributed by atoms with Crippen molar-refractivity contribution in [3.05, 3.63) is 36.2 Å². The molecule has 0 aromatic carbocycles. The van der Waals surface area contributed by atoms with Crippen molar-refractivity contribution >= 4 is 23.3 Å². The van der Waals surface area contributed by atoms with Gasteiger partial charge in [0.1, 0.15) is 0 Å². The van der Waals surface area contributed by atoms with Gasteiger partial charge in [-0.3, -0.25) is 9.20 Å². The van der Waals surface area contributed by atoms with Crippen LogP contribution >= 0.6 is 11.8 Å². The molecule has 0 atom stereocenters. The zero-order valence-electron chi connectivity index (χ0n) is 13.4. The molecule has 122 valence electrons. The third kappa shape index (κ3) is 3.75. The largest absolute Gasteiger partial charge is 0.316 e. The summed E-state index contributed by atoms with van der Waals surface area (Å²) < 4.78 is 1.92. The van der Waals surface area contributed by atoms with E-state index in [1.807, 2.05) is 33.7 Å². The Morgan fingerprint density at radius 2 is 2.26 bits per heavy atom. The van der Waals surface area contributed by atoms with Crippen molar-refractivity contribution in [1.29, 1.82) is 0 Å². The van der Waals surface area contributed by atoms with Gasteiger partial charge in [0.05, 0.1) is 5.75 Å². The summed E-state index contributed by atoms with van der Waals surface area (Å²) in [5.74, 6) is 0.560. The molecule has 0 bridgehead atoms. The van der Waals surface area contributed by atoms with E-state index in [2.05, 4.69) is 23.2 Å². The van der Waals surface area contributed by atoms with Gasteiger partial charge in [-0.15, -0.1) is 10.2 Å². The lowest BCUT2D eigenvalue weighted by molar-refractivity contribution is -0.126. The second kappa shape index (κ2) is 7.64. The Morgan fingerprint density at radius 1 is 1.35 bits per heavy atom. The minimum absolute atomic E-state index is 0.165. The molecular weight excluding hydrogens is 308 g/mol. The van der Waals surface area contributed by atoms with Crippen LogP contribution in [0.1, 0.15) is 39.0 Å². The summed E-state index contributed by atoms with van der Waals surface area (Å²) >= 11 is 1.45. The van der Waals surface area contributed by atoms with E-state index in [0.717, 1.165) is 36.6 Å². The lowest BCUT2D eigenvalue weighted by atomic mass is 10.0. The number of thioether (sulfide) groups is 1. The molecule has 2 aromatic heterocycles. The van der Waals surface area contributed by atoms with Crippen molar-refractivity contribution in [3.8, 4) is 0 Å². The fourth-order valence-corrected chi connectivity index (χ4v) is 3.64. The van der Waals surface area contributed by atoms with Crippen LogP contribution in [-0.4, -0.2) is 37.7 Å². The quantitative estimate of drug-likeness (QED) is 0.761. The third-order valence-electron chi connectivity index (χ3n) is 3.97. The second-order valence-corrected chi connectivity index (χ2v) is 6.63. The predicted octanol–water partition coefficient (Wildman–Crippen LogP) is 3.52. The van der Waals surface area contributed by atoms with Crippen LogP contribution in [0.4, 0.5) is 0 Å². The summed E-state index contributed by atoms with van der Waals surface area (Å²) in [4.78, 5) is 14.6. The first-order valence-electron chi connectivity index (χ1n) is 8.21. The van der Waals surface area contributed by atoms with Gasteiger partial charge in [0.15, 0.2) is 10.8 Å². The van der Waals surface area contributed by atoms with Gasteiger partial charge in [0, 0.05) is 18.4 Å². The van der Waals surface area contributed by atoms with Gasteiger partial charge < -0.3 is 4.90 Å². The summed E-state index contributed by atoms with van der Waals surface area (Å²) in [7, 11) is 0. The zero-order valence-corrected chi connectivity index (χ0v) is 14.3. The summed E-state index contributed by atoms with van der Waals surface area (Å²) in [6.45, 7) is 2.91. The molecule has 1 aliphatic carbocycles. The highest BCUT2D eigenvalue weighted by Crippen LogP contribution is 2.23. The first kappa shape index (κ1) is 16.1. The molecule has 0 saturated heterocycles.